The van der Waals surface area contributed by atoms with Crippen LogP contribution in [-0.4, -0.2) is 37.2 Å². The summed E-state index contributed by atoms with van der Waals surface area (Å²) in [5, 5.41) is 0. The second-order valence-electron chi connectivity index (χ2n) is 5.26. The van der Waals surface area contributed by atoms with Crippen molar-refractivity contribution in [3.05, 3.63) is 0 Å². The fourth-order valence-corrected chi connectivity index (χ4v) is 3.47. The standard InChI is InChI=1S/C13H27O6P/c1-10(2)17-13(14)16-8-7-9-20(15,18-11(3)4)19-12(5)6/h10-12H,7-9H2,1-6H3. The lowest BCUT2D eigenvalue weighted by molar-refractivity contribution is 0.0342. The Morgan fingerprint density at radius 1 is 0.950 bits per heavy atom. The summed E-state index contributed by atoms with van der Waals surface area (Å²) in [6, 6.07) is 0. The molecule has 7 heteroatoms. The van der Waals surface area contributed by atoms with Crippen molar-refractivity contribution in [1.29, 1.82) is 0 Å². The van der Waals surface area contributed by atoms with Crippen molar-refractivity contribution < 1.29 is 27.9 Å². The van der Waals surface area contributed by atoms with E-state index in [1.807, 2.05) is 0 Å². The largest absolute Gasteiger partial charge is 0.508 e. The third-order valence-electron chi connectivity index (χ3n) is 1.87. The maximum absolute atomic E-state index is 12.4. The Bertz CT molecular complexity index is 313. The number of hydrogen-bond acceptors (Lipinski definition) is 6. The van der Waals surface area contributed by atoms with E-state index in [0.717, 1.165) is 0 Å². The predicted molar refractivity (Wildman–Crippen MR) is 77.1 cm³/mol. The van der Waals surface area contributed by atoms with Crippen LogP contribution in [0.15, 0.2) is 0 Å². The third-order valence-corrected chi connectivity index (χ3v) is 4.22. The summed E-state index contributed by atoms with van der Waals surface area (Å²) in [6.45, 7) is 10.8. The Labute approximate surface area is 121 Å². The van der Waals surface area contributed by atoms with Crippen molar-refractivity contribution in [3.8, 4) is 0 Å². The van der Waals surface area contributed by atoms with Gasteiger partial charge in [-0.1, -0.05) is 0 Å². The van der Waals surface area contributed by atoms with Crippen LogP contribution >= 0.6 is 7.60 Å². The van der Waals surface area contributed by atoms with Gasteiger partial charge in [0.05, 0.1) is 31.1 Å². The monoisotopic (exact) mass is 310 g/mol. The van der Waals surface area contributed by atoms with Gasteiger partial charge in [0.25, 0.3) is 0 Å². The van der Waals surface area contributed by atoms with Gasteiger partial charge >= 0.3 is 13.8 Å². The van der Waals surface area contributed by atoms with E-state index in [2.05, 4.69) is 0 Å². The summed E-state index contributed by atoms with van der Waals surface area (Å²) in [5.41, 5.74) is 0. The van der Waals surface area contributed by atoms with Crippen LogP contribution in [0.2, 0.25) is 0 Å². The van der Waals surface area contributed by atoms with Crippen LogP contribution in [-0.2, 0) is 23.1 Å². The summed E-state index contributed by atoms with van der Waals surface area (Å²) in [5.74, 6) is 0. The lowest BCUT2D eigenvalue weighted by Crippen LogP contribution is -2.15. The SMILES string of the molecule is CC(C)OC(=O)OCCCP(=O)(OC(C)C)OC(C)C. The zero-order chi connectivity index (χ0) is 15.8. The van der Waals surface area contributed by atoms with Gasteiger partial charge in [-0.2, -0.15) is 0 Å². The zero-order valence-corrected chi connectivity index (χ0v) is 14.1. The van der Waals surface area contributed by atoms with Gasteiger partial charge in [-0.25, -0.2) is 4.79 Å². The molecule has 0 atom stereocenters. The quantitative estimate of drug-likeness (QED) is 0.364. The van der Waals surface area contributed by atoms with Crippen LogP contribution in [0, 0.1) is 0 Å². The summed E-state index contributed by atoms with van der Waals surface area (Å²) in [6.07, 6.45) is -0.716. The van der Waals surface area contributed by atoms with E-state index >= 15 is 0 Å². The van der Waals surface area contributed by atoms with Crippen LogP contribution in [0.25, 0.3) is 0 Å². The number of carbonyl (C=O) groups excluding carboxylic acids is 1. The molecular weight excluding hydrogens is 283 g/mol. The smallest absolute Gasteiger partial charge is 0.434 e. The molecule has 6 nitrogen and oxygen atoms in total. The molecule has 0 saturated heterocycles. The van der Waals surface area contributed by atoms with Gasteiger partial charge in [0.2, 0.25) is 0 Å². The second kappa shape index (κ2) is 9.37. The molecule has 0 aliphatic heterocycles. The van der Waals surface area contributed by atoms with Gasteiger partial charge in [0.15, 0.2) is 0 Å². The molecule has 0 aromatic heterocycles. The second-order valence-corrected chi connectivity index (χ2v) is 7.35. The van der Waals surface area contributed by atoms with Crippen LogP contribution in [0.4, 0.5) is 4.79 Å². The first kappa shape index (κ1) is 19.4. The summed E-state index contributed by atoms with van der Waals surface area (Å²) < 4.78 is 32.9. The van der Waals surface area contributed by atoms with E-state index in [1.54, 1.807) is 41.5 Å². The minimum absolute atomic E-state index is 0.123. The first-order valence-electron chi connectivity index (χ1n) is 6.94. The van der Waals surface area contributed by atoms with Crippen molar-refractivity contribution in [2.45, 2.75) is 66.3 Å². The molecule has 0 aliphatic carbocycles. The van der Waals surface area contributed by atoms with Crippen molar-refractivity contribution >= 4 is 13.8 Å². The molecular formula is C13H27O6P. The van der Waals surface area contributed by atoms with Crippen molar-refractivity contribution in [2.75, 3.05) is 12.8 Å². The Morgan fingerprint density at radius 2 is 1.45 bits per heavy atom. The Hall–Kier alpha value is -0.580. The van der Waals surface area contributed by atoms with E-state index < -0.39 is 13.8 Å². The summed E-state index contributed by atoms with van der Waals surface area (Å²) in [7, 11) is -3.15. The van der Waals surface area contributed by atoms with Gasteiger partial charge in [0, 0.05) is 0 Å². The molecule has 0 rings (SSSR count). The zero-order valence-electron chi connectivity index (χ0n) is 13.3. The van der Waals surface area contributed by atoms with Crippen LogP contribution < -0.4 is 0 Å². The highest BCUT2D eigenvalue weighted by Gasteiger charge is 2.27. The van der Waals surface area contributed by atoms with Crippen LogP contribution in [0.1, 0.15) is 48.0 Å². The minimum atomic E-state index is -3.15. The predicted octanol–water partition coefficient (Wildman–Crippen LogP) is 3.98. The lowest BCUT2D eigenvalue weighted by Gasteiger charge is -2.22. The maximum atomic E-state index is 12.4. The van der Waals surface area contributed by atoms with Crippen molar-refractivity contribution in [1.82, 2.24) is 0 Å². The molecule has 0 amide bonds. The molecule has 0 heterocycles. The van der Waals surface area contributed by atoms with Gasteiger partial charge < -0.3 is 18.5 Å². The molecule has 0 spiro atoms. The Kier molecular flexibility index (Phi) is 9.10. The molecule has 0 fully saturated rings. The van der Waals surface area contributed by atoms with Crippen molar-refractivity contribution in [3.63, 3.8) is 0 Å². The molecule has 0 bridgehead atoms. The molecule has 0 saturated carbocycles. The number of ether oxygens (including phenoxy) is 2. The Balaban J connectivity index is 4.14. The highest BCUT2D eigenvalue weighted by atomic mass is 31.2. The first-order chi connectivity index (χ1) is 9.14. The molecule has 120 valence electrons. The molecule has 0 unspecified atom stereocenters. The van der Waals surface area contributed by atoms with E-state index in [-0.39, 0.29) is 31.1 Å². The van der Waals surface area contributed by atoms with Gasteiger partial charge in [-0.05, 0) is 48.0 Å². The summed E-state index contributed by atoms with van der Waals surface area (Å²) >= 11 is 0. The highest BCUT2D eigenvalue weighted by Crippen LogP contribution is 2.50. The molecule has 0 radical (unpaired) electrons. The van der Waals surface area contributed by atoms with E-state index in [9.17, 15) is 9.36 Å². The molecule has 0 N–H and O–H groups in total. The van der Waals surface area contributed by atoms with E-state index in [0.29, 0.717) is 6.42 Å². The number of rotatable bonds is 9. The van der Waals surface area contributed by atoms with Gasteiger partial charge in [-0.3, -0.25) is 4.57 Å². The first-order valence-corrected chi connectivity index (χ1v) is 8.66. The molecule has 0 aromatic carbocycles. The minimum Gasteiger partial charge on any atom is -0.434 e. The van der Waals surface area contributed by atoms with E-state index in [4.69, 9.17) is 18.5 Å². The van der Waals surface area contributed by atoms with Crippen LogP contribution in [0.5, 0.6) is 0 Å². The average Bonchev–Trinajstić information content (AvgIpc) is 2.20. The Morgan fingerprint density at radius 3 is 1.85 bits per heavy atom. The molecule has 0 aliphatic rings. The van der Waals surface area contributed by atoms with E-state index in [1.165, 1.54) is 0 Å². The number of carbonyl (C=O) groups is 1. The molecule has 20 heavy (non-hydrogen) atoms. The number of hydrogen-bond donors (Lipinski definition) is 0. The fraction of sp³-hybridized carbons (Fsp3) is 0.923. The van der Waals surface area contributed by atoms with Gasteiger partial charge in [-0.15, -0.1) is 0 Å². The highest BCUT2D eigenvalue weighted by molar-refractivity contribution is 7.53. The summed E-state index contributed by atoms with van der Waals surface area (Å²) in [4.78, 5) is 11.2. The third kappa shape index (κ3) is 10.2. The normalized spacial score (nSPS) is 12.2. The molecule has 0 aromatic rings. The average molecular weight is 310 g/mol. The van der Waals surface area contributed by atoms with Crippen molar-refractivity contribution in [2.24, 2.45) is 0 Å². The van der Waals surface area contributed by atoms with Crippen LogP contribution in [0.3, 0.4) is 0 Å². The maximum Gasteiger partial charge on any atom is 0.508 e. The topological polar surface area (TPSA) is 71.1 Å². The van der Waals surface area contributed by atoms with Gasteiger partial charge in [0.1, 0.15) is 0 Å². The lowest BCUT2D eigenvalue weighted by atomic mass is 10.5. The fourth-order valence-electron chi connectivity index (χ4n) is 1.41.